The van der Waals surface area contributed by atoms with E-state index in [1.807, 2.05) is 4.90 Å². The lowest BCUT2D eigenvalue weighted by molar-refractivity contribution is -0.384. The number of nitro groups is 1. The third-order valence-electron chi connectivity index (χ3n) is 5.62. The molecule has 0 aliphatic carbocycles. The van der Waals surface area contributed by atoms with E-state index in [1.165, 1.54) is 25.2 Å². The zero-order valence-corrected chi connectivity index (χ0v) is 17.7. The predicted molar refractivity (Wildman–Crippen MR) is 114 cm³/mol. The van der Waals surface area contributed by atoms with Gasteiger partial charge in [0.1, 0.15) is 6.04 Å². The molecule has 170 valence electrons. The van der Waals surface area contributed by atoms with E-state index in [1.54, 1.807) is 0 Å². The second-order valence-electron chi connectivity index (χ2n) is 7.82. The number of rotatable bonds is 6. The van der Waals surface area contributed by atoms with Gasteiger partial charge in [-0.25, -0.2) is 8.78 Å². The molecule has 1 saturated heterocycles. The Morgan fingerprint density at radius 1 is 1.12 bits per heavy atom. The number of piperidine rings is 1. The summed E-state index contributed by atoms with van der Waals surface area (Å²) in [4.78, 5) is 38.3. The Bertz CT molecular complexity index is 1040. The SMILES string of the molecule is CNC(=O)C(NC(=O)c1cc([N+](=O)[O-])ccc1N1CCC(C)CC1)c1ccc(F)c(F)c1. The maximum atomic E-state index is 13.7. The fraction of sp³-hybridized carbons (Fsp3) is 0.364. The second-order valence-corrected chi connectivity index (χ2v) is 7.82. The molecular weight excluding hydrogens is 422 g/mol. The van der Waals surface area contributed by atoms with Crippen LogP contribution in [0.15, 0.2) is 36.4 Å². The van der Waals surface area contributed by atoms with Gasteiger partial charge in [-0.15, -0.1) is 0 Å². The van der Waals surface area contributed by atoms with Crippen molar-refractivity contribution >= 4 is 23.2 Å². The first kappa shape index (κ1) is 23.1. The summed E-state index contributed by atoms with van der Waals surface area (Å²) in [7, 11) is 1.34. The van der Waals surface area contributed by atoms with Crippen LogP contribution in [0.1, 0.15) is 41.7 Å². The maximum absolute atomic E-state index is 13.7. The lowest BCUT2D eigenvalue weighted by Gasteiger charge is -2.33. The Morgan fingerprint density at radius 2 is 1.81 bits per heavy atom. The molecule has 0 radical (unpaired) electrons. The monoisotopic (exact) mass is 446 g/mol. The molecule has 1 aliphatic rings. The standard InChI is InChI=1S/C22H24F2N4O4/c1-13-7-9-27(10-8-13)19-6-4-15(28(31)32)12-16(19)21(29)26-20(22(30)25-2)14-3-5-17(23)18(24)11-14/h3-6,11-13,20H,7-10H2,1-2H3,(H,25,30)(H,26,29). The molecule has 1 heterocycles. The molecule has 0 aromatic heterocycles. The van der Waals surface area contributed by atoms with Gasteiger partial charge in [0, 0.05) is 32.3 Å². The van der Waals surface area contributed by atoms with Gasteiger partial charge >= 0.3 is 0 Å². The molecule has 1 unspecified atom stereocenters. The number of carbonyl (C=O) groups is 2. The topological polar surface area (TPSA) is 105 Å². The summed E-state index contributed by atoms with van der Waals surface area (Å²) < 4.78 is 27.1. The summed E-state index contributed by atoms with van der Waals surface area (Å²) in [6.45, 7) is 3.50. The number of halogens is 2. The van der Waals surface area contributed by atoms with E-state index < -0.39 is 34.4 Å². The van der Waals surface area contributed by atoms with Crippen molar-refractivity contribution in [1.82, 2.24) is 10.6 Å². The van der Waals surface area contributed by atoms with Gasteiger partial charge in [-0.05, 0) is 42.5 Å². The number of benzene rings is 2. The maximum Gasteiger partial charge on any atom is 0.270 e. The highest BCUT2D eigenvalue weighted by Gasteiger charge is 2.28. The molecule has 2 aromatic rings. The van der Waals surface area contributed by atoms with E-state index in [9.17, 15) is 28.5 Å². The number of nitro benzene ring substituents is 1. The van der Waals surface area contributed by atoms with Crippen LogP contribution in [0, 0.1) is 27.7 Å². The fourth-order valence-electron chi connectivity index (χ4n) is 3.69. The van der Waals surface area contributed by atoms with Crippen molar-refractivity contribution < 1.29 is 23.3 Å². The van der Waals surface area contributed by atoms with Crippen LogP contribution in [0.5, 0.6) is 0 Å². The van der Waals surface area contributed by atoms with Gasteiger partial charge in [0.2, 0.25) is 5.91 Å². The minimum absolute atomic E-state index is 0.0326. The van der Waals surface area contributed by atoms with Crippen LogP contribution >= 0.6 is 0 Å². The molecule has 2 amide bonds. The summed E-state index contributed by atoms with van der Waals surface area (Å²) in [6, 6.07) is 5.58. The fourth-order valence-corrected chi connectivity index (χ4v) is 3.69. The smallest absolute Gasteiger partial charge is 0.270 e. The average molecular weight is 446 g/mol. The van der Waals surface area contributed by atoms with Crippen molar-refractivity contribution in [2.75, 3.05) is 25.0 Å². The van der Waals surface area contributed by atoms with E-state index in [4.69, 9.17) is 0 Å². The number of non-ortho nitro benzene ring substituents is 1. The van der Waals surface area contributed by atoms with Crippen molar-refractivity contribution in [3.63, 3.8) is 0 Å². The Labute approximate surface area is 183 Å². The highest BCUT2D eigenvalue weighted by molar-refractivity contribution is 6.02. The Balaban J connectivity index is 1.97. The summed E-state index contributed by atoms with van der Waals surface area (Å²) in [5.41, 5.74) is 0.315. The Kier molecular flexibility index (Phi) is 7.01. The first-order valence-corrected chi connectivity index (χ1v) is 10.2. The van der Waals surface area contributed by atoms with Crippen LogP contribution in [-0.4, -0.2) is 36.9 Å². The summed E-state index contributed by atoms with van der Waals surface area (Å²) >= 11 is 0. The molecule has 3 rings (SSSR count). The Hall–Kier alpha value is -3.56. The van der Waals surface area contributed by atoms with Crippen LogP contribution in [0.3, 0.4) is 0 Å². The summed E-state index contributed by atoms with van der Waals surface area (Å²) in [5, 5.41) is 16.2. The molecule has 0 bridgehead atoms. The molecule has 0 spiro atoms. The van der Waals surface area contributed by atoms with E-state index in [0.717, 1.165) is 31.0 Å². The van der Waals surface area contributed by atoms with Gasteiger partial charge in [-0.3, -0.25) is 19.7 Å². The predicted octanol–water partition coefficient (Wildman–Crippen LogP) is 3.33. The molecule has 1 atom stereocenters. The molecule has 2 N–H and O–H groups in total. The first-order valence-electron chi connectivity index (χ1n) is 10.2. The van der Waals surface area contributed by atoms with Gasteiger partial charge in [-0.1, -0.05) is 13.0 Å². The van der Waals surface area contributed by atoms with E-state index in [2.05, 4.69) is 17.6 Å². The molecule has 10 heteroatoms. The van der Waals surface area contributed by atoms with Crippen molar-refractivity contribution in [3.8, 4) is 0 Å². The second kappa shape index (κ2) is 9.71. The molecule has 0 saturated carbocycles. The molecular formula is C22H24F2N4O4. The third kappa shape index (κ3) is 5.01. The lowest BCUT2D eigenvalue weighted by atomic mass is 9.97. The van der Waals surface area contributed by atoms with Crippen molar-refractivity contribution in [3.05, 3.63) is 69.3 Å². The van der Waals surface area contributed by atoms with Crippen LogP contribution in [0.2, 0.25) is 0 Å². The van der Waals surface area contributed by atoms with Crippen molar-refractivity contribution in [2.45, 2.75) is 25.8 Å². The van der Waals surface area contributed by atoms with Gasteiger partial charge in [0.15, 0.2) is 11.6 Å². The zero-order valence-electron chi connectivity index (χ0n) is 17.7. The largest absolute Gasteiger partial charge is 0.371 e. The number of hydrogen-bond donors (Lipinski definition) is 2. The number of nitrogens with zero attached hydrogens (tertiary/aromatic N) is 2. The van der Waals surface area contributed by atoms with Gasteiger partial charge < -0.3 is 15.5 Å². The van der Waals surface area contributed by atoms with Crippen molar-refractivity contribution in [2.24, 2.45) is 5.92 Å². The lowest BCUT2D eigenvalue weighted by Crippen LogP contribution is -2.40. The van der Waals surface area contributed by atoms with Crippen molar-refractivity contribution in [1.29, 1.82) is 0 Å². The normalized spacial score (nSPS) is 15.2. The molecule has 2 aromatic carbocycles. The van der Waals surface area contributed by atoms with Gasteiger partial charge in [0.25, 0.3) is 11.6 Å². The van der Waals surface area contributed by atoms with E-state index in [-0.39, 0.29) is 16.8 Å². The Morgan fingerprint density at radius 3 is 2.41 bits per heavy atom. The number of nitrogens with one attached hydrogen (secondary N) is 2. The first-order chi connectivity index (χ1) is 15.2. The van der Waals surface area contributed by atoms with Crippen LogP contribution in [0.4, 0.5) is 20.2 Å². The highest BCUT2D eigenvalue weighted by Crippen LogP contribution is 2.30. The minimum Gasteiger partial charge on any atom is -0.371 e. The van der Waals surface area contributed by atoms with Crippen LogP contribution < -0.4 is 15.5 Å². The molecule has 32 heavy (non-hydrogen) atoms. The number of likely N-dealkylation sites (N-methyl/N-ethyl adjacent to an activating group) is 1. The van der Waals surface area contributed by atoms with Gasteiger partial charge in [-0.2, -0.15) is 0 Å². The molecule has 8 nitrogen and oxygen atoms in total. The quantitative estimate of drug-likeness (QED) is 0.523. The van der Waals surface area contributed by atoms with Crippen LogP contribution in [0.25, 0.3) is 0 Å². The molecule has 1 fully saturated rings. The molecule has 1 aliphatic heterocycles. The number of anilines is 1. The number of hydrogen-bond acceptors (Lipinski definition) is 5. The number of carbonyl (C=O) groups excluding carboxylic acids is 2. The van der Waals surface area contributed by atoms with Gasteiger partial charge in [0.05, 0.1) is 16.2 Å². The summed E-state index contributed by atoms with van der Waals surface area (Å²) in [6.07, 6.45) is 1.82. The highest BCUT2D eigenvalue weighted by atomic mass is 19.2. The zero-order chi connectivity index (χ0) is 23.4. The van der Waals surface area contributed by atoms with Crippen LogP contribution in [-0.2, 0) is 4.79 Å². The van der Waals surface area contributed by atoms with E-state index in [0.29, 0.717) is 24.7 Å². The third-order valence-corrected chi connectivity index (χ3v) is 5.62. The minimum atomic E-state index is -1.32. The number of amides is 2. The summed E-state index contributed by atoms with van der Waals surface area (Å²) in [5.74, 6) is -3.10. The average Bonchev–Trinajstić information content (AvgIpc) is 2.78. The van der Waals surface area contributed by atoms with E-state index >= 15 is 0 Å².